The molecule has 0 saturated carbocycles. The predicted octanol–water partition coefficient (Wildman–Crippen LogP) is 3.20. The summed E-state index contributed by atoms with van der Waals surface area (Å²) >= 11 is 0. The second-order valence-electron chi connectivity index (χ2n) is 4.47. The van der Waals surface area contributed by atoms with Gasteiger partial charge in [-0.25, -0.2) is 0 Å². The van der Waals surface area contributed by atoms with E-state index in [-0.39, 0.29) is 0 Å². The van der Waals surface area contributed by atoms with Crippen LogP contribution >= 0.6 is 0 Å². The molecule has 0 fully saturated rings. The number of hydrogen-bond donors (Lipinski definition) is 1. The number of rotatable bonds is 6. The molecule has 5 nitrogen and oxygen atoms in total. The fraction of sp³-hybridized carbons (Fsp3) is 0.176. The Balaban J connectivity index is 2.09. The van der Waals surface area contributed by atoms with Crippen LogP contribution in [0.5, 0.6) is 11.5 Å². The highest BCUT2D eigenvalue weighted by molar-refractivity contribution is 5.85. The SMILES string of the molecule is CNc1ccc(/C=N/N=C/c2cc(OC)ccc2OC)cc1. The summed E-state index contributed by atoms with van der Waals surface area (Å²) in [4.78, 5) is 0. The second-order valence-corrected chi connectivity index (χ2v) is 4.47. The van der Waals surface area contributed by atoms with Crippen molar-refractivity contribution in [3.8, 4) is 11.5 Å². The van der Waals surface area contributed by atoms with Gasteiger partial charge in [-0.05, 0) is 35.9 Å². The Labute approximate surface area is 130 Å². The summed E-state index contributed by atoms with van der Waals surface area (Å²) in [6.45, 7) is 0. The Hall–Kier alpha value is -2.82. The quantitative estimate of drug-likeness (QED) is 0.658. The highest BCUT2D eigenvalue weighted by Crippen LogP contribution is 2.22. The molecule has 0 bridgehead atoms. The van der Waals surface area contributed by atoms with E-state index in [4.69, 9.17) is 9.47 Å². The van der Waals surface area contributed by atoms with Crippen molar-refractivity contribution in [2.45, 2.75) is 0 Å². The van der Waals surface area contributed by atoms with Crippen molar-refractivity contribution in [3.63, 3.8) is 0 Å². The number of hydrogen-bond acceptors (Lipinski definition) is 5. The van der Waals surface area contributed by atoms with Crippen LogP contribution in [0, 0.1) is 0 Å². The van der Waals surface area contributed by atoms with E-state index in [2.05, 4.69) is 15.5 Å². The number of methoxy groups -OCH3 is 2. The number of nitrogens with zero attached hydrogens (tertiary/aromatic N) is 2. The van der Waals surface area contributed by atoms with Crippen LogP contribution < -0.4 is 14.8 Å². The molecule has 114 valence electrons. The third-order valence-corrected chi connectivity index (χ3v) is 3.11. The zero-order chi connectivity index (χ0) is 15.8. The number of ether oxygens (including phenoxy) is 2. The molecule has 0 radical (unpaired) electrons. The molecule has 0 amide bonds. The summed E-state index contributed by atoms with van der Waals surface area (Å²) in [7, 11) is 5.12. The lowest BCUT2D eigenvalue weighted by atomic mass is 10.2. The molecular weight excluding hydrogens is 278 g/mol. The molecule has 0 spiro atoms. The van der Waals surface area contributed by atoms with E-state index < -0.39 is 0 Å². The van der Waals surface area contributed by atoms with Crippen molar-refractivity contribution in [1.29, 1.82) is 0 Å². The maximum Gasteiger partial charge on any atom is 0.127 e. The average Bonchev–Trinajstić information content (AvgIpc) is 2.59. The van der Waals surface area contributed by atoms with Gasteiger partial charge < -0.3 is 14.8 Å². The Morgan fingerprint density at radius 2 is 1.64 bits per heavy atom. The van der Waals surface area contributed by atoms with Crippen LogP contribution in [0.4, 0.5) is 5.69 Å². The number of anilines is 1. The van der Waals surface area contributed by atoms with Crippen molar-refractivity contribution in [2.75, 3.05) is 26.6 Å². The summed E-state index contributed by atoms with van der Waals surface area (Å²) < 4.78 is 10.5. The first kappa shape index (κ1) is 15.6. The molecule has 2 aromatic carbocycles. The Bertz CT molecular complexity index is 664. The minimum atomic E-state index is 0.720. The van der Waals surface area contributed by atoms with E-state index in [0.717, 1.165) is 28.3 Å². The average molecular weight is 297 g/mol. The summed E-state index contributed by atoms with van der Waals surface area (Å²) in [6.07, 6.45) is 3.34. The summed E-state index contributed by atoms with van der Waals surface area (Å²) in [5.41, 5.74) is 2.85. The molecular formula is C17H19N3O2. The van der Waals surface area contributed by atoms with Gasteiger partial charge in [-0.2, -0.15) is 10.2 Å². The summed E-state index contributed by atoms with van der Waals surface area (Å²) in [5.74, 6) is 1.46. The first-order valence-corrected chi connectivity index (χ1v) is 6.83. The first-order valence-electron chi connectivity index (χ1n) is 6.83. The molecule has 2 rings (SSSR count). The van der Waals surface area contributed by atoms with E-state index in [0.29, 0.717) is 0 Å². The molecule has 0 aliphatic carbocycles. The van der Waals surface area contributed by atoms with Crippen molar-refractivity contribution in [1.82, 2.24) is 0 Å². The molecule has 5 heteroatoms. The van der Waals surface area contributed by atoms with Gasteiger partial charge in [0.15, 0.2) is 0 Å². The van der Waals surface area contributed by atoms with Crippen LogP contribution in [0.3, 0.4) is 0 Å². The molecule has 0 aliphatic rings. The van der Waals surface area contributed by atoms with Crippen LogP contribution in [0.15, 0.2) is 52.7 Å². The maximum atomic E-state index is 5.28. The fourth-order valence-electron chi connectivity index (χ4n) is 1.87. The van der Waals surface area contributed by atoms with Gasteiger partial charge >= 0.3 is 0 Å². The number of benzene rings is 2. The molecule has 0 unspecified atom stereocenters. The Morgan fingerprint density at radius 1 is 0.909 bits per heavy atom. The normalized spacial score (nSPS) is 11.0. The Kier molecular flexibility index (Phi) is 5.54. The molecule has 0 atom stereocenters. The monoisotopic (exact) mass is 297 g/mol. The van der Waals surface area contributed by atoms with Crippen molar-refractivity contribution < 1.29 is 9.47 Å². The zero-order valence-corrected chi connectivity index (χ0v) is 12.9. The zero-order valence-electron chi connectivity index (χ0n) is 12.9. The minimum Gasteiger partial charge on any atom is -0.497 e. The molecule has 0 aromatic heterocycles. The van der Waals surface area contributed by atoms with Crippen LogP contribution in [0.2, 0.25) is 0 Å². The van der Waals surface area contributed by atoms with Crippen LogP contribution in [-0.4, -0.2) is 33.7 Å². The molecule has 0 heterocycles. The van der Waals surface area contributed by atoms with Gasteiger partial charge in [0.05, 0.1) is 26.6 Å². The van der Waals surface area contributed by atoms with Gasteiger partial charge in [0.25, 0.3) is 0 Å². The third kappa shape index (κ3) is 4.09. The van der Waals surface area contributed by atoms with Gasteiger partial charge in [0.1, 0.15) is 11.5 Å². The highest BCUT2D eigenvalue weighted by Gasteiger charge is 2.02. The molecule has 0 saturated heterocycles. The van der Waals surface area contributed by atoms with Gasteiger partial charge in [0, 0.05) is 18.3 Å². The minimum absolute atomic E-state index is 0.720. The number of nitrogens with one attached hydrogen (secondary N) is 1. The first-order chi connectivity index (χ1) is 10.8. The lowest BCUT2D eigenvalue weighted by Gasteiger charge is -2.06. The maximum absolute atomic E-state index is 5.28. The largest absolute Gasteiger partial charge is 0.497 e. The van der Waals surface area contributed by atoms with Crippen LogP contribution in [0.1, 0.15) is 11.1 Å². The topological polar surface area (TPSA) is 55.2 Å². The molecule has 0 aliphatic heterocycles. The van der Waals surface area contributed by atoms with Gasteiger partial charge in [-0.15, -0.1) is 0 Å². The van der Waals surface area contributed by atoms with Crippen molar-refractivity contribution in [2.24, 2.45) is 10.2 Å². The van der Waals surface area contributed by atoms with Gasteiger partial charge in [-0.3, -0.25) is 0 Å². The Morgan fingerprint density at radius 3 is 2.27 bits per heavy atom. The van der Waals surface area contributed by atoms with E-state index in [1.807, 2.05) is 49.5 Å². The van der Waals surface area contributed by atoms with E-state index in [1.54, 1.807) is 26.6 Å². The van der Waals surface area contributed by atoms with Crippen molar-refractivity contribution >= 4 is 18.1 Å². The summed E-state index contributed by atoms with van der Waals surface area (Å²) in [6, 6.07) is 13.4. The third-order valence-electron chi connectivity index (χ3n) is 3.11. The second kappa shape index (κ2) is 7.83. The van der Waals surface area contributed by atoms with E-state index in [1.165, 1.54) is 0 Å². The molecule has 2 aromatic rings. The van der Waals surface area contributed by atoms with Gasteiger partial charge in [0.2, 0.25) is 0 Å². The highest BCUT2D eigenvalue weighted by atomic mass is 16.5. The smallest absolute Gasteiger partial charge is 0.127 e. The van der Waals surface area contributed by atoms with Gasteiger partial charge in [-0.1, -0.05) is 12.1 Å². The summed E-state index contributed by atoms with van der Waals surface area (Å²) in [5, 5.41) is 11.2. The standard InChI is InChI=1S/C17H19N3O2/c1-18-15-6-4-13(5-7-15)11-19-20-12-14-10-16(21-2)8-9-17(14)22-3/h4-12,18H,1-3H3/b19-11+,20-12+. The predicted molar refractivity (Wildman–Crippen MR) is 90.7 cm³/mol. The van der Waals surface area contributed by atoms with Crippen LogP contribution in [0.25, 0.3) is 0 Å². The van der Waals surface area contributed by atoms with E-state index >= 15 is 0 Å². The lowest BCUT2D eigenvalue weighted by molar-refractivity contribution is 0.402. The van der Waals surface area contributed by atoms with Crippen molar-refractivity contribution in [3.05, 3.63) is 53.6 Å². The fourth-order valence-corrected chi connectivity index (χ4v) is 1.87. The lowest BCUT2D eigenvalue weighted by Crippen LogP contribution is -1.92. The van der Waals surface area contributed by atoms with Crippen LogP contribution in [-0.2, 0) is 0 Å². The van der Waals surface area contributed by atoms with E-state index in [9.17, 15) is 0 Å². The molecule has 1 N–H and O–H groups in total. The molecule has 22 heavy (non-hydrogen) atoms.